The number of nitrogens with two attached hydrogens (primary N) is 1. The lowest BCUT2D eigenvalue weighted by molar-refractivity contribution is -0.00525. The quantitative estimate of drug-likeness (QED) is 0.927. The van der Waals surface area contributed by atoms with Crippen molar-refractivity contribution in [3.63, 3.8) is 0 Å². The van der Waals surface area contributed by atoms with Crippen molar-refractivity contribution >= 4 is 17.3 Å². The fourth-order valence-electron chi connectivity index (χ4n) is 2.87. The van der Waals surface area contributed by atoms with Gasteiger partial charge < -0.3 is 15.4 Å². The van der Waals surface area contributed by atoms with E-state index in [1.165, 1.54) is 5.56 Å². The molecule has 0 aromatic heterocycles. The van der Waals surface area contributed by atoms with E-state index in [2.05, 4.69) is 31.7 Å². The molecule has 1 saturated heterocycles. The lowest BCUT2D eigenvalue weighted by atomic mass is 10.0. The number of morpholine rings is 1. The minimum absolute atomic E-state index is 0.183. The summed E-state index contributed by atoms with van der Waals surface area (Å²) >= 11 is 6.46. The van der Waals surface area contributed by atoms with E-state index in [4.69, 9.17) is 22.1 Å². The molecule has 4 heteroatoms. The molecular formula is C16H25ClN2O. The van der Waals surface area contributed by atoms with Crippen molar-refractivity contribution in [2.24, 2.45) is 5.73 Å². The Morgan fingerprint density at radius 2 is 2.00 bits per heavy atom. The standard InChI is InChI=1S/C16H25ClN2O/c1-4-14(18)8-13-6-5-7-15(17)16(13)19-9-11(2)20-12(3)10-19/h5-7,11-12,14H,4,8-10,18H2,1-3H3. The molecule has 0 bridgehead atoms. The summed E-state index contributed by atoms with van der Waals surface area (Å²) in [6.45, 7) is 8.09. The summed E-state index contributed by atoms with van der Waals surface area (Å²) in [5.74, 6) is 0. The molecule has 0 aliphatic carbocycles. The molecule has 0 amide bonds. The third-order valence-electron chi connectivity index (χ3n) is 3.81. The fraction of sp³-hybridized carbons (Fsp3) is 0.625. The average molecular weight is 297 g/mol. The Morgan fingerprint density at radius 3 is 2.60 bits per heavy atom. The van der Waals surface area contributed by atoms with Crippen LogP contribution in [0.3, 0.4) is 0 Å². The maximum Gasteiger partial charge on any atom is 0.0726 e. The molecule has 1 aliphatic heterocycles. The van der Waals surface area contributed by atoms with E-state index >= 15 is 0 Å². The van der Waals surface area contributed by atoms with Crippen LogP contribution in [-0.2, 0) is 11.2 Å². The Kier molecular flexibility index (Phi) is 5.30. The van der Waals surface area contributed by atoms with Gasteiger partial charge in [0.25, 0.3) is 0 Å². The summed E-state index contributed by atoms with van der Waals surface area (Å²) in [5, 5.41) is 0.812. The first-order valence-electron chi connectivity index (χ1n) is 7.44. The summed E-state index contributed by atoms with van der Waals surface area (Å²) in [7, 11) is 0. The van der Waals surface area contributed by atoms with E-state index in [1.807, 2.05) is 12.1 Å². The molecule has 2 N–H and O–H groups in total. The molecule has 0 saturated carbocycles. The molecule has 3 nitrogen and oxygen atoms in total. The molecule has 20 heavy (non-hydrogen) atoms. The monoisotopic (exact) mass is 296 g/mol. The zero-order chi connectivity index (χ0) is 14.7. The van der Waals surface area contributed by atoms with Crippen molar-refractivity contribution in [2.75, 3.05) is 18.0 Å². The molecule has 1 aliphatic rings. The Labute approximate surface area is 127 Å². The van der Waals surface area contributed by atoms with Crippen LogP contribution in [0.4, 0.5) is 5.69 Å². The SMILES string of the molecule is CCC(N)Cc1cccc(Cl)c1N1CC(C)OC(C)C1. The zero-order valence-electron chi connectivity index (χ0n) is 12.6. The predicted octanol–water partition coefficient (Wildman–Crippen LogP) is 3.23. The molecule has 112 valence electrons. The molecule has 1 aromatic carbocycles. The lowest BCUT2D eigenvalue weighted by Gasteiger charge is -2.38. The number of benzene rings is 1. The second kappa shape index (κ2) is 6.79. The fourth-order valence-corrected chi connectivity index (χ4v) is 3.18. The van der Waals surface area contributed by atoms with E-state index in [1.54, 1.807) is 0 Å². The number of hydrogen-bond acceptors (Lipinski definition) is 3. The highest BCUT2D eigenvalue weighted by Crippen LogP contribution is 2.33. The van der Waals surface area contributed by atoms with Crippen molar-refractivity contribution in [1.29, 1.82) is 0 Å². The highest BCUT2D eigenvalue weighted by molar-refractivity contribution is 6.33. The van der Waals surface area contributed by atoms with Crippen LogP contribution in [0.15, 0.2) is 18.2 Å². The van der Waals surface area contributed by atoms with Crippen molar-refractivity contribution in [3.05, 3.63) is 28.8 Å². The second-order valence-electron chi connectivity index (χ2n) is 5.78. The number of para-hydroxylation sites is 1. The summed E-state index contributed by atoms with van der Waals surface area (Å²) in [6.07, 6.45) is 2.29. The van der Waals surface area contributed by atoms with Gasteiger partial charge in [0.15, 0.2) is 0 Å². The van der Waals surface area contributed by atoms with Gasteiger partial charge in [0, 0.05) is 19.1 Å². The number of anilines is 1. The first-order valence-corrected chi connectivity index (χ1v) is 7.82. The summed E-state index contributed by atoms with van der Waals surface area (Å²) in [5.41, 5.74) is 8.50. The third kappa shape index (κ3) is 3.66. The zero-order valence-corrected chi connectivity index (χ0v) is 13.4. The molecule has 1 fully saturated rings. The smallest absolute Gasteiger partial charge is 0.0726 e. The van der Waals surface area contributed by atoms with Gasteiger partial charge in [0.05, 0.1) is 22.9 Å². The minimum atomic E-state index is 0.183. The van der Waals surface area contributed by atoms with E-state index in [0.29, 0.717) is 0 Å². The Balaban J connectivity index is 2.29. The molecular weight excluding hydrogens is 272 g/mol. The van der Waals surface area contributed by atoms with Gasteiger partial charge in [-0.25, -0.2) is 0 Å². The second-order valence-corrected chi connectivity index (χ2v) is 6.19. The van der Waals surface area contributed by atoms with Crippen LogP contribution in [0, 0.1) is 0 Å². The molecule has 3 unspecified atom stereocenters. The highest BCUT2D eigenvalue weighted by atomic mass is 35.5. The molecule has 1 heterocycles. The molecule has 0 radical (unpaired) electrons. The number of nitrogens with zero attached hydrogens (tertiary/aromatic N) is 1. The van der Waals surface area contributed by atoms with Gasteiger partial charge >= 0.3 is 0 Å². The van der Waals surface area contributed by atoms with Gasteiger partial charge in [0.1, 0.15) is 0 Å². The molecule has 2 rings (SSSR count). The van der Waals surface area contributed by atoms with Crippen molar-refractivity contribution in [2.45, 2.75) is 51.9 Å². The van der Waals surface area contributed by atoms with Gasteiger partial charge in [-0.2, -0.15) is 0 Å². The van der Waals surface area contributed by atoms with Gasteiger partial charge in [-0.1, -0.05) is 30.7 Å². The Morgan fingerprint density at radius 1 is 1.35 bits per heavy atom. The van der Waals surface area contributed by atoms with Crippen LogP contribution in [0.2, 0.25) is 5.02 Å². The molecule has 3 atom stereocenters. The van der Waals surface area contributed by atoms with E-state index in [-0.39, 0.29) is 18.2 Å². The normalized spacial score (nSPS) is 24.8. The maximum atomic E-state index is 6.46. The number of hydrogen-bond donors (Lipinski definition) is 1. The molecule has 0 spiro atoms. The Bertz CT molecular complexity index is 442. The summed E-state index contributed by atoms with van der Waals surface area (Å²) < 4.78 is 5.81. The Hall–Kier alpha value is -0.770. The van der Waals surface area contributed by atoms with E-state index in [9.17, 15) is 0 Å². The average Bonchev–Trinajstić information content (AvgIpc) is 2.37. The minimum Gasteiger partial charge on any atom is -0.372 e. The number of ether oxygens (including phenoxy) is 1. The summed E-state index contributed by atoms with van der Waals surface area (Å²) in [6, 6.07) is 6.30. The topological polar surface area (TPSA) is 38.5 Å². The maximum absolute atomic E-state index is 6.46. The highest BCUT2D eigenvalue weighted by Gasteiger charge is 2.25. The van der Waals surface area contributed by atoms with Crippen LogP contribution in [0.25, 0.3) is 0 Å². The number of rotatable bonds is 4. The largest absolute Gasteiger partial charge is 0.372 e. The van der Waals surface area contributed by atoms with Crippen molar-refractivity contribution in [3.8, 4) is 0 Å². The first kappa shape index (κ1) is 15.6. The van der Waals surface area contributed by atoms with Gasteiger partial charge in [-0.3, -0.25) is 0 Å². The lowest BCUT2D eigenvalue weighted by Crippen LogP contribution is -2.46. The third-order valence-corrected chi connectivity index (χ3v) is 4.12. The first-order chi connectivity index (χ1) is 9.51. The van der Waals surface area contributed by atoms with Gasteiger partial charge in [0.2, 0.25) is 0 Å². The van der Waals surface area contributed by atoms with Crippen molar-refractivity contribution < 1.29 is 4.74 Å². The van der Waals surface area contributed by atoms with Crippen LogP contribution in [0.5, 0.6) is 0 Å². The van der Waals surface area contributed by atoms with Crippen LogP contribution in [0.1, 0.15) is 32.8 Å². The van der Waals surface area contributed by atoms with Crippen LogP contribution < -0.4 is 10.6 Å². The van der Waals surface area contributed by atoms with Gasteiger partial charge in [-0.05, 0) is 38.3 Å². The van der Waals surface area contributed by atoms with E-state index in [0.717, 1.165) is 36.6 Å². The van der Waals surface area contributed by atoms with Crippen molar-refractivity contribution in [1.82, 2.24) is 0 Å². The van der Waals surface area contributed by atoms with Crippen LogP contribution >= 0.6 is 11.6 Å². The van der Waals surface area contributed by atoms with Gasteiger partial charge in [-0.15, -0.1) is 0 Å². The van der Waals surface area contributed by atoms with Crippen LogP contribution in [-0.4, -0.2) is 31.3 Å². The molecule has 1 aromatic rings. The summed E-state index contributed by atoms with van der Waals surface area (Å²) in [4.78, 5) is 2.35. The van der Waals surface area contributed by atoms with E-state index < -0.39 is 0 Å². The predicted molar refractivity (Wildman–Crippen MR) is 85.6 cm³/mol. The number of halogens is 1.